The van der Waals surface area contributed by atoms with Crippen LogP contribution < -0.4 is 53.6 Å². The van der Waals surface area contributed by atoms with Gasteiger partial charge in [0.25, 0.3) is 0 Å². The monoisotopic (exact) mass is 1930 g/mol. The molecule has 0 aliphatic carbocycles. The van der Waals surface area contributed by atoms with E-state index in [2.05, 4.69) is 52.8 Å². The minimum atomic E-state index is -2.07. The molecule has 15 amide bonds. The smallest absolute Gasteiger partial charge is 0.305 e. The van der Waals surface area contributed by atoms with Gasteiger partial charge < -0.3 is 113 Å². The van der Waals surface area contributed by atoms with Crippen LogP contribution in [0.4, 0.5) is 13.2 Å². The Morgan fingerprint density at radius 2 is 1.04 bits per heavy atom. The molecule has 14 atom stereocenters. The number of primary amides is 1. The number of aromatic nitrogens is 1. The number of nitrogens with zero attached hydrogens (tertiary/aromatic N) is 5. The van der Waals surface area contributed by atoms with Crippen LogP contribution in [0.5, 0.6) is 11.5 Å². The highest BCUT2D eigenvalue weighted by molar-refractivity contribution is 8.00. The first kappa shape index (κ1) is 106. The van der Waals surface area contributed by atoms with E-state index in [1.165, 1.54) is 83.6 Å². The van der Waals surface area contributed by atoms with Gasteiger partial charge in [0.05, 0.1) is 38.0 Å². The van der Waals surface area contributed by atoms with Crippen molar-refractivity contribution in [3.63, 3.8) is 0 Å². The number of fused-ring (bicyclic) bond motifs is 3. The molecule has 3 saturated heterocycles. The van der Waals surface area contributed by atoms with E-state index in [1.807, 2.05) is 0 Å². The Morgan fingerprint density at radius 3 is 1.64 bits per heavy atom. The summed E-state index contributed by atoms with van der Waals surface area (Å²) in [7, 11) is 4.83. The number of para-hydroxylation sites is 1. The number of hydrogen-bond acceptors (Lipinski definition) is 22. The van der Waals surface area contributed by atoms with E-state index in [0.717, 1.165) is 31.5 Å². The van der Waals surface area contributed by atoms with Crippen molar-refractivity contribution in [3.8, 4) is 11.5 Å². The third-order valence-corrected chi connectivity index (χ3v) is 25.1. The van der Waals surface area contributed by atoms with E-state index >= 15 is 56.7 Å². The van der Waals surface area contributed by atoms with Crippen molar-refractivity contribution in [2.24, 2.45) is 17.6 Å². The van der Waals surface area contributed by atoms with E-state index < -0.39 is 265 Å². The van der Waals surface area contributed by atoms with Crippen LogP contribution in [-0.2, 0) is 125 Å². The summed E-state index contributed by atoms with van der Waals surface area (Å²) in [6, 6.07) is 13.2. The van der Waals surface area contributed by atoms with Gasteiger partial charge in [0.2, 0.25) is 88.6 Å². The number of aliphatic carboxylic acids is 1. The van der Waals surface area contributed by atoms with E-state index in [1.54, 1.807) is 105 Å². The summed E-state index contributed by atoms with van der Waals surface area (Å²) in [5.41, 5.74) is 7.69. The molecule has 0 spiro atoms. The van der Waals surface area contributed by atoms with Gasteiger partial charge in [-0.05, 0) is 94.1 Å². The number of carboxylic acids is 1. The molecule has 0 saturated carbocycles. The fourth-order valence-electron chi connectivity index (χ4n) is 16.6. The topological polar surface area (TPSA) is 539 Å². The second-order valence-corrected chi connectivity index (χ2v) is 36.1. The highest BCUT2D eigenvalue weighted by Crippen LogP contribution is 2.28. The third-order valence-electron chi connectivity index (χ3n) is 24.1. The summed E-state index contributed by atoms with van der Waals surface area (Å²) < 4.78 is 56.5. The highest BCUT2D eigenvalue weighted by atomic mass is 32.2. The average Bonchev–Trinajstić information content (AvgIpc) is 1.73. The number of aromatic hydroxyl groups is 2. The summed E-state index contributed by atoms with van der Waals surface area (Å²) in [6.07, 6.45) is -4.63. The van der Waals surface area contributed by atoms with Gasteiger partial charge in [-0.1, -0.05) is 131 Å². The average molecular weight is 1940 g/mol. The Labute approximate surface area is 797 Å². The number of rotatable bonds is 23. The van der Waals surface area contributed by atoms with Crippen LogP contribution in [-0.4, -0.2) is 308 Å². The van der Waals surface area contributed by atoms with Gasteiger partial charge in [-0.15, -0.1) is 11.8 Å². The number of phenolic OH excluding ortho intramolecular Hbond substituents is 2. The molecule has 3 fully saturated rings. The van der Waals surface area contributed by atoms with Crippen LogP contribution >= 0.6 is 11.8 Å². The molecule has 0 unspecified atom stereocenters. The lowest BCUT2D eigenvalue weighted by Crippen LogP contribution is -2.64. The zero-order chi connectivity index (χ0) is 100. The van der Waals surface area contributed by atoms with Crippen molar-refractivity contribution < 1.29 is 120 Å². The van der Waals surface area contributed by atoms with Crippen molar-refractivity contribution in [1.82, 2.24) is 77.3 Å². The number of thioether (sulfide) groups is 1. The zero-order valence-electron chi connectivity index (χ0n) is 77.4. The van der Waals surface area contributed by atoms with Gasteiger partial charge in [0.1, 0.15) is 90.0 Å². The SMILES string of the molecule is COCC[C@H]1C(=O)N2C[C@@H](O)C[C@@H]2C(=O)N[C@@H](CC(=O)O)C(=O)N[C@@H](C(C)C)C(=O)N(C)[C@@H](Cc2ccccc2)C(=O)N[C@@H](Cc2ccc(O)cc2)C(=O)N2CCOC[C@@H]2C(=O)N[C@@H](Cc2c[nH]c3ccccc23)C(=O)N[C@@H](Cc2ccc(O)cc2)C(=O)N[C@@H](CC(C)C)C(=O)N[C@H](C(=O)NCC(N)=O)CSCC(=O)N[C@@H](Cc2cc(F)c(F)c(F)c2)C(=O)N(C)[C@@H](Cc2ccccc2)C(=O)N1C. The molecule has 16 N–H and O–H groups in total. The van der Waals surface area contributed by atoms with E-state index in [-0.39, 0.29) is 76.2 Å². The number of likely N-dealkylation sites (N-methyl/N-ethyl adjacent to an activating group) is 3. The molecule has 1 aromatic heterocycles. The van der Waals surface area contributed by atoms with Gasteiger partial charge >= 0.3 is 5.97 Å². The van der Waals surface area contributed by atoms with Crippen LogP contribution in [0.3, 0.4) is 0 Å². The van der Waals surface area contributed by atoms with E-state index in [4.69, 9.17) is 15.2 Å². The summed E-state index contributed by atoms with van der Waals surface area (Å²) in [4.78, 5) is 247. The molecule has 0 bridgehead atoms. The summed E-state index contributed by atoms with van der Waals surface area (Å²) in [5, 5.41) is 66.8. The number of morpholine rings is 1. The highest BCUT2D eigenvalue weighted by Gasteiger charge is 2.48. The van der Waals surface area contributed by atoms with Crippen molar-refractivity contribution in [1.29, 1.82) is 0 Å². The van der Waals surface area contributed by atoms with Crippen LogP contribution in [0, 0.1) is 29.3 Å². The molecule has 3 aliphatic rings. The number of halogens is 3. The Kier molecular flexibility index (Phi) is 38.2. The fourth-order valence-corrected chi connectivity index (χ4v) is 17.5. The largest absolute Gasteiger partial charge is 0.508 e. The van der Waals surface area contributed by atoms with Crippen LogP contribution in [0.2, 0.25) is 0 Å². The number of aliphatic hydroxyl groups is 1. The molecule has 38 nitrogen and oxygen atoms in total. The molecule has 0 radical (unpaired) electrons. The second kappa shape index (κ2) is 49.7. The number of benzene rings is 6. The molecule has 740 valence electrons. The predicted octanol–water partition coefficient (Wildman–Crippen LogP) is 0.863. The normalized spacial score (nSPS) is 23.8. The van der Waals surface area contributed by atoms with E-state index in [0.29, 0.717) is 62.6 Å². The maximum Gasteiger partial charge on any atom is 0.305 e. The molecule has 42 heteroatoms. The number of H-pyrrole nitrogens is 1. The first-order valence-corrected chi connectivity index (χ1v) is 46.1. The zero-order valence-corrected chi connectivity index (χ0v) is 78.2. The first-order chi connectivity index (χ1) is 65.7. The van der Waals surface area contributed by atoms with Gasteiger partial charge in [0, 0.05) is 122 Å². The fraction of sp³-hybridized carbons (Fsp3) is 0.438. The number of phenols is 2. The molecule has 7 aromatic rings. The van der Waals surface area contributed by atoms with E-state index in [9.17, 15) is 53.6 Å². The number of methoxy groups -OCH3 is 1. The Bertz CT molecular complexity index is 5510. The molecule has 4 heterocycles. The number of aliphatic hydroxyl groups excluding tert-OH is 1. The van der Waals surface area contributed by atoms with Crippen molar-refractivity contribution in [3.05, 3.63) is 203 Å². The number of aromatic amines is 1. The summed E-state index contributed by atoms with van der Waals surface area (Å²) >= 11 is 0.646. The molecule has 3 aliphatic heterocycles. The summed E-state index contributed by atoms with van der Waals surface area (Å²) in [6.45, 7) is 3.74. The second-order valence-electron chi connectivity index (χ2n) is 35.1. The third kappa shape index (κ3) is 29.0. The molecule has 10 rings (SSSR count). The lowest BCUT2D eigenvalue weighted by atomic mass is 9.98. The number of carbonyl (C=O) groups excluding carboxylic acids is 15. The van der Waals surface area contributed by atoms with Gasteiger partial charge in [-0.3, -0.25) is 76.7 Å². The number of ether oxygens (including phenoxy) is 2. The van der Waals surface area contributed by atoms with Crippen LogP contribution in [0.15, 0.2) is 152 Å². The number of amides is 15. The number of carboxylic acid groups (broad SMARTS) is 1. The Hall–Kier alpha value is -14.0. The first-order valence-electron chi connectivity index (χ1n) is 44.9. The van der Waals surface area contributed by atoms with Gasteiger partial charge in [-0.25, -0.2) is 13.2 Å². The molecule has 6 aromatic carbocycles. The van der Waals surface area contributed by atoms with Gasteiger partial charge in [0.15, 0.2) is 17.5 Å². The maximum absolute atomic E-state index is 15.9. The Morgan fingerprint density at radius 1 is 0.536 bits per heavy atom. The summed E-state index contributed by atoms with van der Waals surface area (Å²) in [5.74, 6) is -25.6. The number of hydrogen-bond donors (Lipinski definition) is 15. The lowest BCUT2D eigenvalue weighted by Gasteiger charge is -2.38. The number of nitrogens with two attached hydrogens (primary N) is 1. The lowest BCUT2D eigenvalue weighted by molar-refractivity contribution is -0.153. The number of nitrogens with one attached hydrogen (secondary N) is 10. The van der Waals surface area contributed by atoms with Crippen LogP contribution in [0.1, 0.15) is 86.8 Å². The van der Waals surface area contributed by atoms with Crippen molar-refractivity contribution in [2.75, 3.05) is 79.2 Å². The van der Waals surface area contributed by atoms with Crippen molar-refractivity contribution in [2.45, 2.75) is 177 Å². The minimum absolute atomic E-state index is 0.169. The Balaban J connectivity index is 1.07. The predicted molar refractivity (Wildman–Crippen MR) is 496 cm³/mol. The molecule has 138 heavy (non-hydrogen) atoms. The van der Waals surface area contributed by atoms with Gasteiger partial charge in [-0.2, -0.15) is 0 Å². The van der Waals surface area contributed by atoms with Crippen LogP contribution in [0.25, 0.3) is 10.9 Å². The molecular weight excluding hydrogens is 1820 g/mol. The standard InChI is InChI=1S/C96H117F3N16O22S/c1-52(2)35-67-85(124)109-73(84(123)102-47-79(100)119)50-138-51-80(120)103-71(40-58-36-64(97)82(99)65(98)37-58)92(131)113(7)77(42-55-19-13-10-14-20-55)94(133)111(5)74(31-33-136-8)95(134)115-48-62(118)44-76(115)90(129)107-70(45-81(121)122)88(127)110-83(53(3)4)96(135)112(6)75(41-54-17-11-9-12-18-54)89(128)108-72(39-57-25-29-61(117)30-26-57)93(132)114-32-34-137-49-78(114)91(130)106-69(43-59-46-101-66-22-16-15-21-63(59)66)87(126)105-68(86(125)104-67)38-56-23-27-60(116)28-24-56/h9-30,36-37,46,52-53,62,67-78,83,101,116-118H,31-35,38-45,47-51H2,1-8H3,(H2,100,119)(H,102,123)(H,103,120)(H,104,125)(H,105,126)(H,106,130)(H,107,129)(H,108,128)(H,109,124)(H,110,127)(H,121,122)/t62-,67-,68-,69-,70-,71-,72-,73-,74-,75-,76+,77-,78+,83-/m0/s1. The number of carbonyl (C=O) groups is 16. The minimum Gasteiger partial charge on any atom is -0.508 e. The molecular formula is C96H117F3N16O22S. The quantitative estimate of drug-likeness (QED) is 0.0395. The van der Waals surface area contributed by atoms with Crippen molar-refractivity contribution >= 4 is 117 Å². The maximum atomic E-state index is 15.9.